The molecule has 11 nitrogen and oxygen atoms in total. The number of aryl methyl sites for hydroxylation is 1. The zero-order chi connectivity index (χ0) is 23.1. The SMILES string of the molecule is Cn1cnc2ncn(Cc3ncno3)c(=O)c21.c1cc(-c2cnco2)cc(N2C[C@H]3C[C@H]3C2)c1. The van der Waals surface area contributed by atoms with Crippen LogP contribution in [0.2, 0.25) is 0 Å². The maximum absolute atomic E-state index is 12.1. The van der Waals surface area contributed by atoms with Crippen LogP contribution in [0.4, 0.5) is 5.69 Å². The normalized spacial score (nSPS) is 18.6. The van der Waals surface area contributed by atoms with E-state index in [9.17, 15) is 4.79 Å². The van der Waals surface area contributed by atoms with Gasteiger partial charge in [0.05, 0.1) is 12.5 Å². The Bertz CT molecular complexity index is 1460. The molecule has 0 radical (unpaired) electrons. The molecule has 0 N–H and O–H groups in total. The summed E-state index contributed by atoms with van der Waals surface area (Å²) >= 11 is 0. The second-order valence-electron chi connectivity index (χ2n) is 8.62. The Labute approximate surface area is 193 Å². The van der Waals surface area contributed by atoms with Crippen LogP contribution in [-0.2, 0) is 13.6 Å². The summed E-state index contributed by atoms with van der Waals surface area (Å²) in [5, 5.41) is 3.48. The van der Waals surface area contributed by atoms with Crippen LogP contribution in [0.25, 0.3) is 22.5 Å². The molecule has 11 heteroatoms. The molecule has 1 aromatic carbocycles. The van der Waals surface area contributed by atoms with Crippen LogP contribution in [0.1, 0.15) is 12.3 Å². The number of imidazole rings is 1. The van der Waals surface area contributed by atoms with Crippen LogP contribution < -0.4 is 10.5 Å². The quantitative estimate of drug-likeness (QED) is 0.399. The fourth-order valence-corrected chi connectivity index (χ4v) is 4.42. The van der Waals surface area contributed by atoms with Crippen molar-refractivity contribution >= 4 is 16.9 Å². The fraction of sp³-hybridized carbons (Fsp3) is 0.304. The number of oxazole rings is 1. The third kappa shape index (κ3) is 3.85. The summed E-state index contributed by atoms with van der Waals surface area (Å²) in [5.41, 5.74) is 3.12. The van der Waals surface area contributed by atoms with Crippen LogP contribution >= 0.6 is 0 Å². The van der Waals surface area contributed by atoms with E-state index in [1.165, 1.54) is 48.8 Å². The zero-order valence-electron chi connectivity index (χ0n) is 18.5. The first-order valence-corrected chi connectivity index (χ1v) is 11.0. The zero-order valence-corrected chi connectivity index (χ0v) is 18.5. The summed E-state index contributed by atoms with van der Waals surface area (Å²) in [4.78, 5) is 30.5. The molecule has 2 fully saturated rings. The molecule has 7 rings (SSSR count). The Morgan fingerprint density at radius 1 is 1.12 bits per heavy atom. The first kappa shape index (κ1) is 20.3. The molecule has 34 heavy (non-hydrogen) atoms. The molecule has 2 aliphatic rings. The summed E-state index contributed by atoms with van der Waals surface area (Å²) < 4.78 is 13.2. The van der Waals surface area contributed by atoms with E-state index in [0.717, 1.165) is 23.2 Å². The van der Waals surface area contributed by atoms with Crippen molar-refractivity contribution in [1.82, 2.24) is 34.2 Å². The molecule has 4 aromatic heterocycles. The van der Waals surface area contributed by atoms with Gasteiger partial charge in [0.15, 0.2) is 29.6 Å². The summed E-state index contributed by atoms with van der Waals surface area (Å²) in [7, 11) is 1.75. The molecule has 1 saturated heterocycles. The van der Waals surface area contributed by atoms with Crippen LogP contribution in [-0.4, -0.2) is 47.3 Å². The maximum Gasteiger partial charge on any atom is 0.280 e. The first-order chi connectivity index (χ1) is 16.7. The minimum Gasteiger partial charge on any atom is -0.444 e. The average molecular weight is 458 g/mol. The van der Waals surface area contributed by atoms with Gasteiger partial charge in [-0.3, -0.25) is 9.36 Å². The topological polar surface area (TPSA) is 121 Å². The standard InChI is InChI=1S/C14H14N2O.C9H8N6O2/c1-2-10(14-6-15-9-17-14)5-13(3-1)16-7-11-4-12(11)8-16;1-14-4-11-8-7(14)9(16)15(5-12-8)2-6-10-3-13-17-6/h1-3,5-6,9,11-12H,4,7-8H2;3-5H,2H2,1H3/t11-,12+;. The number of hydrogen-bond acceptors (Lipinski definition) is 9. The second kappa shape index (κ2) is 8.25. The molecule has 5 heterocycles. The highest BCUT2D eigenvalue weighted by Crippen LogP contribution is 2.46. The van der Waals surface area contributed by atoms with Crippen molar-refractivity contribution in [3.05, 3.63) is 72.1 Å². The number of benzene rings is 1. The Morgan fingerprint density at radius 2 is 1.97 bits per heavy atom. The molecule has 0 spiro atoms. The van der Waals surface area contributed by atoms with Crippen molar-refractivity contribution in [2.24, 2.45) is 18.9 Å². The van der Waals surface area contributed by atoms with E-state index in [1.54, 1.807) is 24.1 Å². The Morgan fingerprint density at radius 3 is 2.74 bits per heavy atom. The van der Waals surface area contributed by atoms with Crippen molar-refractivity contribution < 1.29 is 8.94 Å². The van der Waals surface area contributed by atoms with E-state index in [0.29, 0.717) is 17.1 Å². The van der Waals surface area contributed by atoms with Gasteiger partial charge in [0.1, 0.15) is 12.9 Å². The van der Waals surface area contributed by atoms with Crippen molar-refractivity contribution in [1.29, 1.82) is 0 Å². The lowest BCUT2D eigenvalue weighted by molar-refractivity contribution is 0.368. The number of fused-ring (bicyclic) bond motifs is 2. The lowest BCUT2D eigenvalue weighted by Crippen LogP contribution is -2.22. The molecule has 5 aromatic rings. The van der Waals surface area contributed by atoms with Crippen molar-refractivity contribution in [2.45, 2.75) is 13.0 Å². The van der Waals surface area contributed by atoms with Gasteiger partial charge in [-0.25, -0.2) is 15.0 Å². The van der Waals surface area contributed by atoms with E-state index in [4.69, 9.17) is 8.94 Å². The van der Waals surface area contributed by atoms with Crippen molar-refractivity contribution in [3.63, 3.8) is 0 Å². The van der Waals surface area contributed by atoms with Gasteiger partial charge in [-0.15, -0.1) is 0 Å². The maximum atomic E-state index is 12.1. The number of aromatic nitrogens is 7. The van der Waals surface area contributed by atoms with E-state index in [2.05, 4.69) is 54.3 Å². The lowest BCUT2D eigenvalue weighted by atomic mass is 10.1. The van der Waals surface area contributed by atoms with Gasteiger partial charge in [-0.05, 0) is 30.4 Å². The van der Waals surface area contributed by atoms with Crippen molar-refractivity contribution in [2.75, 3.05) is 18.0 Å². The predicted octanol–water partition coefficient (Wildman–Crippen LogP) is 2.36. The van der Waals surface area contributed by atoms with Crippen LogP contribution in [0, 0.1) is 11.8 Å². The third-order valence-electron chi connectivity index (χ3n) is 6.32. The summed E-state index contributed by atoms with van der Waals surface area (Å²) in [6, 6.07) is 8.55. The highest BCUT2D eigenvalue weighted by Gasteiger charge is 2.45. The summed E-state index contributed by atoms with van der Waals surface area (Å²) in [6.07, 6.45) is 8.94. The first-order valence-electron chi connectivity index (χ1n) is 11.0. The van der Waals surface area contributed by atoms with Gasteiger partial charge in [0.25, 0.3) is 5.56 Å². The largest absolute Gasteiger partial charge is 0.444 e. The van der Waals surface area contributed by atoms with Gasteiger partial charge in [0.2, 0.25) is 5.89 Å². The smallest absolute Gasteiger partial charge is 0.280 e. The van der Waals surface area contributed by atoms with Gasteiger partial charge >= 0.3 is 0 Å². The average Bonchev–Trinajstić information content (AvgIpc) is 3.44. The van der Waals surface area contributed by atoms with Gasteiger partial charge in [0, 0.05) is 31.4 Å². The molecule has 0 amide bonds. The number of hydrogen-bond donors (Lipinski definition) is 0. The molecule has 1 saturated carbocycles. The van der Waals surface area contributed by atoms with Crippen LogP contribution in [0.15, 0.2) is 69.6 Å². The molecule has 1 aliphatic heterocycles. The second-order valence-corrected chi connectivity index (χ2v) is 8.62. The molecule has 0 bridgehead atoms. The highest BCUT2D eigenvalue weighted by molar-refractivity contribution is 5.68. The van der Waals surface area contributed by atoms with E-state index >= 15 is 0 Å². The minimum atomic E-state index is -0.187. The Kier molecular flexibility index (Phi) is 4.93. The molecular weight excluding hydrogens is 436 g/mol. The summed E-state index contributed by atoms with van der Waals surface area (Å²) in [6.45, 7) is 2.65. The molecule has 0 unspecified atom stereocenters. The van der Waals surface area contributed by atoms with Crippen LogP contribution in [0.3, 0.4) is 0 Å². The van der Waals surface area contributed by atoms with Crippen LogP contribution in [0.5, 0.6) is 0 Å². The molecule has 1 aliphatic carbocycles. The Balaban J connectivity index is 0.000000128. The minimum absolute atomic E-state index is 0.187. The Hall–Kier alpha value is -4.28. The monoisotopic (exact) mass is 458 g/mol. The number of nitrogens with zero attached hydrogens (tertiary/aromatic N) is 8. The van der Waals surface area contributed by atoms with Gasteiger partial charge in [-0.1, -0.05) is 17.3 Å². The van der Waals surface area contributed by atoms with Crippen molar-refractivity contribution in [3.8, 4) is 11.3 Å². The van der Waals surface area contributed by atoms with Gasteiger partial charge in [-0.2, -0.15) is 4.98 Å². The fourth-order valence-electron chi connectivity index (χ4n) is 4.42. The predicted molar refractivity (Wildman–Crippen MR) is 122 cm³/mol. The lowest BCUT2D eigenvalue weighted by Gasteiger charge is -2.20. The number of piperidine rings is 1. The van der Waals surface area contributed by atoms with E-state index in [1.807, 2.05) is 0 Å². The third-order valence-corrected chi connectivity index (χ3v) is 6.32. The van der Waals surface area contributed by atoms with Gasteiger partial charge < -0.3 is 18.4 Å². The highest BCUT2D eigenvalue weighted by atomic mass is 16.5. The van der Waals surface area contributed by atoms with E-state index < -0.39 is 0 Å². The molecule has 172 valence electrons. The molecule has 2 atom stereocenters. The number of rotatable bonds is 4. The molecular formula is C23H22N8O3. The summed E-state index contributed by atoms with van der Waals surface area (Å²) in [5.74, 6) is 3.12. The van der Waals surface area contributed by atoms with E-state index in [-0.39, 0.29) is 12.1 Å². The number of anilines is 1.